The number of rotatable bonds is 5. The smallest absolute Gasteiger partial charge is 0.241 e. The summed E-state index contributed by atoms with van der Waals surface area (Å²) < 4.78 is 0. The Morgan fingerprint density at radius 3 is 2.58 bits per heavy atom. The lowest BCUT2D eigenvalue weighted by Gasteiger charge is -2.23. The zero-order valence-corrected chi connectivity index (χ0v) is 11.9. The standard InChI is InChI=1S/C14H17N3OS/c1-16(2)11-14(18)17(10-13-15-8-9-19-13)12-6-4-3-5-7-12/h3-9H,10-11H2,1-2H3. The first-order chi connectivity index (χ1) is 9.16. The lowest BCUT2D eigenvalue weighted by atomic mass is 10.2. The fourth-order valence-corrected chi connectivity index (χ4v) is 2.36. The van der Waals surface area contributed by atoms with Gasteiger partial charge in [-0.15, -0.1) is 11.3 Å². The highest BCUT2D eigenvalue weighted by Crippen LogP contribution is 2.18. The fourth-order valence-electron chi connectivity index (χ4n) is 1.75. The lowest BCUT2D eigenvalue weighted by Crippen LogP contribution is -2.37. The Kier molecular flexibility index (Phi) is 4.65. The number of hydrogen-bond donors (Lipinski definition) is 0. The molecule has 100 valence electrons. The molecule has 0 aliphatic carbocycles. The molecule has 0 aliphatic rings. The van der Waals surface area contributed by atoms with E-state index in [9.17, 15) is 4.79 Å². The van der Waals surface area contributed by atoms with Crippen molar-refractivity contribution in [3.63, 3.8) is 0 Å². The van der Waals surface area contributed by atoms with Crippen LogP contribution in [0.25, 0.3) is 0 Å². The van der Waals surface area contributed by atoms with E-state index in [2.05, 4.69) is 4.98 Å². The number of benzene rings is 1. The highest BCUT2D eigenvalue weighted by molar-refractivity contribution is 7.09. The van der Waals surface area contributed by atoms with Crippen molar-refractivity contribution in [1.29, 1.82) is 0 Å². The Balaban J connectivity index is 2.20. The van der Waals surface area contributed by atoms with E-state index in [4.69, 9.17) is 0 Å². The molecule has 0 bridgehead atoms. The third kappa shape index (κ3) is 3.87. The van der Waals surface area contributed by atoms with Gasteiger partial charge in [-0.1, -0.05) is 18.2 Å². The minimum absolute atomic E-state index is 0.0754. The SMILES string of the molecule is CN(C)CC(=O)N(Cc1nccs1)c1ccccc1. The summed E-state index contributed by atoms with van der Waals surface area (Å²) in [5.74, 6) is 0.0754. The summed E-state index contributed by atoms with van der Waals surface area (Å²) in [4.78, 5) is 20.2. The van der Waals surface area contributed by atoms with E-state index in [0.717, 1.165) is 10.7 Å². The van der Waals surface area contributed by atoms with Gasteiger partial charge in [0, 0.05) is 17.3 Å². The summed E-state index contributed by atoms with van der Waals surface area (Å²) in [6.45, 7) is 0.911. The fraction of sp³-hybridized carbons (Fsp3) is 0.286. The highest BCUT2D eigenvalue weighted by atomic mass is 32.1. The van der Waals surface area contributed by atoms with Crippen LogP contribution in [0.1, 0.15) is 5.01 Å². The molecule has 1 aromatic carbocycles. The summed E-state index contributed by atoms with van der Waals surface area (Å²) in [5.41, 5.74) is 0.907. The number of likely N-dealkylation sites (N-methyl/N-ethyl adjacent to an activating group) is 1. The second kappa shape index (κ2) is 6.45. The molecule has 0 unspecified atom stereocenters. The zero-order chi connectivity index (χ0) is 13.7. The molecule has 0 aliphatic heterocycles. The zero-order valence-electron chi connectivity index (χ0n) is 11.1. The van der Waals surface area contributed by atoms with Gasteiger partial charge in [-0.05, 0) is 26.2 Å². The van der Waals surface area contributed by atoms with Crippen LogP contribution in [-0.4, -0.2) is 36.4 Å². The number of nitrogens with zero attached hydrogens (tertiary/aromatic N) is 3. The normalized spacial score (nSPS) is 10.7. The third-order valence-corrected chi connectivity index (χ3v) is 3.36. The van der Waals surface area contributed by atoms with Gasteiger partial charge in [-0.2, -0.15) is 0 Å². The second-order valence-electron chi connectivity index (χ2n) is 4.48. The Bertz CT molecular complexity index is 511. The first kappa shape index (κ1) is 13.7. The van der Waals surface area contributed by atoms with Gasteiger partial charge in [0.2, 0.25) is 5.91 Å². The Labute approximate surface area is 117 Å². The monoisotopic (exact) mass is 275 g/mol. The maximum absolute atomic E-state index is 12.3. The molecular weight excluding hydrogens is 258 g/mol. The molecule has 0 N–H and O–H groups in total. The largest absolute Gasteiger partial charge is 0.304 e. The van der Waals surface area contributed by atoms with Crippen molar-refractivity contribution in [2.75, 3.05) is 25.5 Å². The quantitative estimate of drug-likeness (QED) is 0.839. The Morgan fingerprint density at radius 1 is 1.26 bits per heavy atom. The molecule has 2 aromatic rings. The van der Waals surface area contributed by atoms with E-state index in [1.54, 1.807) is 22.4 Å². The first-order valence-electron chi connectivity index (χ1n) is 6.05. The predicted octanol–water partition coefficient (Wildman–Crippen LogP) is 2.24. The van der Waals surface area contributed by atoms with Gasteiger partial charge in [0.05, 0.1) is 13.1 Å². The van der Waals surface area contributed by atoms with E-state index in [1.165, 1.54) is 0 Å². The van der Waals surface area contributed by atoms with Crippen LogP contribution >= 0.6 is 11.3 Å². The summed E-state index contributed by atoms with van der Waals surface area (Å²) in [5, 5.41) is 2.87. The van der Waals surface area contributed by atoms with Crippen LogP contribution < -0.4 is 4.90 Å². The van der Waals surface area contributed by atoms with Gasteiger partial charge in [0.15, 0.2) is 0 Å². The number of hydrogen-bond acceptors (Lipinski definition) is 4. The van der Waals surface area contributed by atoms with Gasteiger partial charge in [0.25, 0.3) is 0 Å². The summed E-state index contributed by atoms with van der Waals surface area (Å²) in [6.07, 6.45) is 1.76. The van der Waals surface area contributed by atoms with Gasteiger partial charge in [-0.25, -0.2) is 4.98 Å². The van der Waals surface area contributed by atoms with Crippen molar-refractivity contribution >= 4 is 22.9 Å². The maximum Gasteiger partial charge on any atom is 0.241 e. The molecule has 2 rings (SSSR count). The second-order valence-corrected chi connectivity index (χ2v) is 5.46. The molecule has 0 radical (unpaired) electrons. The third-order valence-electron chi connectivity index (χ3n) is 2.60. The van der Waals surface area contributed by atoms with E-state index in [-0.39, 0.29) is 5.91 Å². The maximum atomic E-state index is 12.3. The van der Waals surface area contributed by atoms with Gasteiger partial charge in [0.1, 0.15) is 5.01 Å². The summed E-state index contributed by atoms with van der Waals surface area (Å²) >= 11 is 1.56. The van der Waals surface area contributed by atoms with Gasteiger partial charge < -0.3 is 9.80 Å². The van der Waals surface area contributed by atoms with Crippen LogP contribution in [0, 0.1) is 0 Å². The molecule has 0 fully saturated rings. The number of para-hydroxylation sites is 1. The van der Waals surface area contributed by atoms with Crippen LogP contribution in [0.5, 0.6) is 0 Å². The van der Waals surface area contributed by atoms with Crippen molar-refractivity contribution in [3.8, 4) is 0 Å². The summed E-state index contributed by atoms with van der Waals surface area (Å²) in [7, 11) is 3.79. The van der Waals surface area contributed by atoms with E-state index in [1.807, 2.05) is 54.7 Å². The van der Waals surface area contributed by atoms with E-state index in [0.29, 0.717) is 13.1 Å². The molecule has 0 saturated heterocycles. The van der Waals surface area contributed by atoms with Gasteiger partial charge in [-0.3, -0.25) is 4.79 Å². The Hall–Kier alpha value is -1.72. The van der Waals surface area contributed by atoms with Crippen LogP contribution in [0.4, 0.5) is 5.69 Å². The molecular formula is C14H17N3OS. The minimum atomic E-state index is 0.0754. The number of anilines is 1. The minimum Gasteiger partial charge on any atom is -0.304 e. The van der Waals surface area contributed by atoms with Crippen LogP contribution in [0.15, 0.2) is 41.9 Å². The lowest BCUT2D eigenvalue weighted by molar-refractivity contribution is -0.119. The highest BCUT2D eigenvalue weighted by Gasteiger charge is 2.17. The Morgan fingerprint density at radius 2 is 2.00 bits per heavy atom. The van der Waals surface area contributed by atoms with E-state index >= 15 is 0 Å². The number of aromatic nitrogens is 1. The van der Waals surface area contributed by atoms with Crippen molar-refractivity contribution in [3.05, 3.63) is 46.9 Å². The van der Waals surface area contributed by atoms with Crippen LogP contribution in [-0.2, 0) is 11.3 Å². The van der Waals surface area contributed by atoms with Crippen molar-refractivity contribution in [2.45, 2.75) is 6.54 Å². The average Bonchev–Trinajstić information content (AvgIpc) is 2.89. The predicted molar refractivity (Wildman–Crippen MR) is 78.3 cm³/mol. The number of carbonyl (C=O) groups is 1. The molecule has 4 nitrogen and oxygen atoms in total. The molecule has 19 heavy (non-hydrogen) atoms. The topological polar surface area (TPSA) is 36.4 Å². The molecule has 1 aromatic heterocycles. The van der Waals surface area contributed by atoms with Crippen molar-refractivity contribution < 1.29 is 4.79 Å². The van der Waals surface area contributed by atoms with Crippen molar-refractivity contribution in [2.24, 2.45) is 0 Å². The number of amides is 1. The number of thiazole rings is 1. The van der Waals surface area contributed by atoms with Crippen molar-refractivity contribution in [1.82, 2.24) is 9.88 Å². The molecule has 5 heteroatoms. The number of carbonyl (C=O) groups excluding carboxylic acids is 1. The van der Waals surface area contributed by atoms with Crippen LogP contribution in [0.3, 0.4) is 0 Å². The summed E-state index contributed by atoms with van der Waals surface area (Å²) in [6, 6.07) is 9.71. The first-order valence-corrected chi connectivity index (χ1v) is 6.93. The molecule has 1 amide bonds. The molecule has 0 spiro atoms. The molecule has 0 saturated carbocycles. The molecule has 1 heterocycles. The van der Waals surface area contributed by atoms with Gasteiger partial charge >= 0.3 is 0 Å². The average molecular weight is 275 g/mol. The molecule has 0 atom stereocenters. The van der Waals surface area contributed by atoms with E-state index < -0.39 is 0 Å². The van der Waals surface area contributed by atoms with Crippen LogP contribution in [0.2, 0.25) is 0 Å².